The molecule has 0 aliphatic rings. The minimum absolute atomic E-state index is 0.0751. The molecule has 2 atom stereocenters. The summed E-state index contributed by atoms with van der Waals surface area (Å²) in [5.41, 5.74) is 6.73. The Labute approximate surface area is 110 Å². The zero-order valence-electron chi connectivity index (χ0n) is 9.82. The molecule has 3 N–H and O–H groups in total. The average molecular weight is 297 g/mol. The lowest BCUT2D eigenvalue weighted by Crippen LogP contribution is -2.41. The molecule has 1 aromatic rings. The fourth-order valence-corrected chi connectivity index (χ4v) is 2.14. The molecule has 0 spiro atoms. The molecule has 0 aromatic heterocycles. The molecule has 0 saturated heterocycles. The maximum Gasteiger partial charge on any atom is 0.237 e. The van der Waals surface area contributed by atoms with Crippen LogP contribution in [0.5, 0.6) is 0 Å². The van der Waals surface area contributed by atoms with E-state index in [9.17, 15) is 4.79 Å². The predicted molar refractivity (Wildman–Crippen MR) is 73.5 cm³/mol. The van der Waals surface area contributed by atoms with Gasteiger partial charge in [-0.15, -0.1) is 6.58 Å². The average Bonchev–Trinajstić information content (AvgIpc) is 2.29. The van der Waals surface area contributed by atoms with E-state index in [2.05, 4.69) is 27.8 Å². The normalized spacial score (nSPS) is 13.8. The highest BCUT2D eigenvalue weighted by molar-refractivity contribution is 9.10. The summed E-state index contributed by atoms with van der Waals surface area (Å²) in [6, 6.07) is 7.18. The van der Waals surface area contributed by atoms with Crippen LogP contribution in [0.4, 0.5) is 0 Å². The molecule has 1 rings (SSSR count). The van der Waals surface area contributed by atoms with Gasteiger partial charge in [-0.25, -0.2) is 0 Å². The van der Waals surface area contributed by atoms with Gasteiger partial charge >= 0.3 is 0 Å². The van der Waals surface area contributed by atoms with Crippen molar-refractivity contribution < 1.29 is 4.79 Å². The van der Waals surface area contributed by atoms with Crippen molar-refractivity contribution in [2.75, 3.05) is 0 Å². The van der Waals surface area contributed by atoms with E-state index in [0.29, 0.717) is 6.42 Å². The van der Waals surface area contributed by atoms with Gasteiger partial charge in [-0.1, -0.05) is 40.2 Å². The number of hydrogen-bond acceptors (Lipinski definition) is 2. The largest absolute Gasteiger partial charge is 0.348 e. The maximum absolute atomic E-state index is 11.7. The van der Waals surface area contributed by atoms with Gasteiger partial charge < -0.3 is 11.1 Å². The molecule has 0 radical (unpaired) electrons. The van der Waals surface area contributed by atoms with Gasteiger partial charge in [0.15, 0.2) is 0 Å². The van der Waals surface area contributed by atoms with Crippen LogP contribution in [0.1, 0.15) is 24.9 Å². The summed E-state index contributed by atoms with van der Waals surface area (Å²) >= 11 is 3.46. The summed E-state index contributed by atoms with van der Waals surface area (Å²) in [4.78, 5) is 11.7. The second kappa shape index (κ2) is 6.57. The Morgan fingerprint density at radius 1 is 1.59 bits per heavy atom. The van der Waals surface area contributed by atoms with Crippen molar-refractivity contribution in [2.45, 2.75) is 25.4 Å². The van der Waals surface area contributed by atoms with Crippen molar-refractivity contribution in [3.63, 3.8) is 0 Å². The number of hydrogen-bond donors (Lipinski definition) is 2. The van der Waals surface area contributed by atoms with E-state index < -0.39 is 6.04 Å². The molecule has 0 aliphatic heterocycles. The minimum Gasteiger partial charge on any atom is -0.348 e. The first-order valence-electron chi connectivity index (χ1n) is 5.47. The Morgan fingerprint density at radius 3 is 2.82 bits per heavy atom. The molecule has 92 valence electrons. The van der Waals surface area contributed by atoms with Crippen LogP contribution in [0.25, 0.3) is 0 Å². The molecule has 3 nitrogen and oxygen atoms in total. The van der Waals surface area contributed by atoms with Crippen molar-refractivity contribution in [3.05, 3.63) is 47.0 Å². The van der Waals surface area contributed by atoms with E-state index in [1.807, 2.05) is 31.2 Å². The van der Waals surface area contributed by atoms with E-state index in [1.54, 1.807) is 6.08 Å². The number of rotatable bonds is 5. The Hall–Kier alpha value is -1.13. The van der Waals surface area contributed by atoms with Gasteiger partial charge in [0.25, 0.3) is 0 Å². The van der Waals surface area contributed by atoms with Crippen LogP contribution < -0.4 is 11.1 Å². The summed E-state index contributed by atoms with van der Waals surface area (Å²) in [7, 11) is 0. The lowest BCUT2D eigenvalue weighted by Gasteiger charge is -2.18. The molecule has 1 amide bonds. The molecule has 0 aliphatic carbocycles. The van der Waals surface area contributed by atoms with Gasteiger partial charge in [-0.2, -0.15) is 0 Å². The zero-order chi connectivity index (χ0) is 12.8. The van der Waals surface area contributed by atoms with Crippen molar-refractivity contribution in [2.24, 2.45) is 5.73 Å². The standard InChI is InChI=1S/C13H17BrN2O/c1-3-6-12(15)13(17)16-9(2)10-7-4-5-8-11(10)14/h3-5,7-9,12H,1,6,15H2,2H3,(H,16,17)/t9-,12?/m0/s1. The van der Waals surface area contributed by atoms with Crippen LogP contribution in [0.15, 0.2) is 41.4 Å². The molecular formula is C13H17BrN2O. The van der Waals surface area contributed by atoms with Crippen molar-refractivity contribution in [1.82, 2.24) is 5.32 Å². The zero-order valence-corrected chi connectivity index (χ0v) is 11.4. The van der Waals surface area contributed by atoms with E-state index >= 15 is 0 Å². The van der Waals surface area contributed by atoms with Gasteiger partial charge in [0, 0.05) is 4.47 Å². The molecule has 0 heterocycles. The van der Waals surface area contributed by atoms with Crippen LogP contribution in [0, 0.1) is 0 Å². The third kappa shape index (κ3) is 3.98. The number of amides is 1. The number of nitrogens with one attached hydrogen (secondary N) is 1. The fraction of sp³-hybridized carbons (Fsp3) is 0.308. The third-order valence-corrected chi connectivity index (χ3v) is 3.21. The lowest BCUT2D eigenvalue weighted by molar-refractivity contribution is -0.122. The quantitative estimate of drug-likeness (QED) is 0.821. The number of halogens is 1. The van der Waals surface area contributed by atoms with E-state index in [-0.39, 0.29) is 11.9 Å². The first-order valence-corrected chi connectivity index (χ1v) is 6.26. The van der Waals surface area contributed by atoms with Gasteiger partial charge in [0.2, 0.25) is 5.91 Å². The first-order chi connectivity index (χ1) is 8.06. The molecule has 17 heavy (non-hydrogen) atoms. The molecule has 0 fully saturated rings. The van der Waals surface area contributed by atoms with Crippen molar-refractivity contribution >= 4 is 21.8 Å². The van der Waals surface area contributed by atoms with Gasteiger partial charge in [-0.05, 0) is 25.0 Å². The highest BCUT2D eigenvalue weighted by Gasteiger charge is 2.16. The summed E-state index contributed by atoms with van der Waals surface area (Å²) in [5.74, 6) is -0.159. The van der Waals surface area contributed by atoms with Crippen LogP contribution in [-0.2, 0) is 4.79 Å². The van der Waals surface area contributed by atoms with Crippen molar-refractivity contribution in [3.8, 4) is 0 Å². The topological polar surface area (TPSA) is 55.1 Å². The summed E-state index contributed by atoms with van der Waals surface area (Å²) in [5, 5.41) is 2.88. The second-order valence-corrected chi connectivity index (χ2v) is 4.74. The number of nitrogens with two attached hydrogens (primary N) is 1. The first kappa shape index (κ1) is 13.9. The van der Waals surface area contributed by atoms with Crippen LogP contribution in [0.3, 0.4) is 0 Å². The summed E-state index contributed by atoms with van der Waals surface area (Å²) in [6.45, 7) is 5.50. The number of carbonyl (C=O) groups is 1. The van der Waals surface area contributed by atoms with Crippen LogP contribution in [0.2, 0.25) is 0 Å². The highest BCUT2D eigenvalue weighted by Crippen LogP contribution is 2.22. The highest BCUT2D eigenvalue weighted by atomic mass is 79.9. The molecule has 1 aromatic carbocycles. The van der Waals surface area contributed by atoms with E-state index in [0.717, 1.165) is 10.0 Å². The van der Waals surface area contributed by atoms with Gasteiger partial charge in [-0.3, -0.25) is 4.79 Å². The molecule has 4 heteroatoms. The molecule has 1 unspecified atom stereocenters. The summed E-state index contributed by atoms with van der Waals surface area (Å²) in [6.07, 6.45) is 2.13. The molecular weight excluding hydrogens is 280 g/mol. The predicted octanol–water partition coefficient (Wildman–Crippen LogP) is 2.53. The monoisotopic (exact) mass is 296 g/mol. The Bertz CT molecular complexity index is 406. The van der Waals surface area contributed by atoms with Crippen molar-refractivity contribution in [1.29, 1.82) is 0 Å². The SMILES string of the molecule is C=CCC(N)C(=O)N[C@@H](C)c1ccccc1Br. The second-order valence-electron chi connectivity index (χ2n) is 3.88. The minimum atomic E-state index is -0.530. The number of carbonyl (C=O) groups excluding carboxylic acids is 1. The Balaban J connectivity index is 2.66. The lowest BCUT2D eigenvalue weighted by atomic mass is 10.1. The van der Waals surface area contributed by atoms with Gasteiger partial charge in [0.1, 0.15) is 0 Å². The Kier molecular flexibility index (Phi) is 5.38. The number of benzene rings is 1. The Morgan fingerprint density at radius 2 is 2.24 bits per heavy atom. The van der Waals surface area contributed by atoms with Crippen LogP contribution in [-0.4, -0.2) is 11.9 Å². The maximum atomic E-state index is 11.7. The smallest absolute Gasteiger partial charge is 0.237 e. The molecule has 0 bridgehead atoms. The van der Waals surface area contributed by atoms with Gasteiger partial charge in [0.05, 0.1) is 12.1 Å². The van der Waals surface area contributed by atoms with E-state index in [4.69, 9.17) is 5.73 Å². The summed E-state index contributed by atoms with van der Waals surface area (Å²) < 4.78 is 0.977. The van der Waals surface area contributed by atoms with E-state index in [1.165, 1.54) is 0 Å². The van der Waals surface area contributed by atoms with Crippen LogP contribution >= 0.6 is 15.9 Å². The molecule has 0 saturated carbocycles. The third-order valence-electron chi connectivity index (χ3n) is 2.49. The fourth-order valence-electron chi connectivity index (χ4n) is 1.51.